The second-order valence-electron chi connectivity index (χ2n) is 10.0. The molecular weight excluding hydrogens is 487 g/mol. The zero-order valence-corrected chi connectivity index (χ0v) is 21.3. The van der Waals surface area contributed by atoms with Crippen molar-refractivity contribution in [2.75, 3.05) is 31.1 Å². The van der Waals surface area contributed by atoms with Crippen LogP contribution in [0.4, 0.5) is 10.2 Å². The molecule has 0 N–H and O–H groups in total. The van der Waals surface area contributed by atoms with E-state index in [0.29, 0.717) is 49.5 Å². The van der Waals surface area contributed by atoms with Crippen LogP contribution in [0.3, 0.4) is 0 Å². The lowest BCUT2D eigenvalue weighted by atomic mass is 9.79. The quantitative estimate of drug-likeness (QED) is 0.474. The van der Waals surface area contributed by atoms with Crippen LogP contribution in [-0.4, -0.2) is 51.9 Å². The maximum absolute atomic E-state index is 15.1. The van der Waals surface area contributed by atoms with E-state index in [1.54, 1.807) is 28.5 Å². The van der Waals surface area contributed by atoms with Gasteiger partial charge in [0, 0.05) is 43.4 Å². The number of fused-ring (bicyclic) bond motifs is 1. The van der Waals surface area contributed by atoms with E-state index < -0.39 is 5.82 Å². The fourth-order valence-corrected chi connectivity index (χ4v) is 6.73. The molecule has 3 aromatic heterocycles. The number of allylic oxidation sites excluding steroid dienone is 1. The summed E-state index contributed by atoms with van der Waals surface area (Å²) in [6.07, 6.45) is 7.25. The van der Waals surface area contributed by atoms with Crippen LogP contribution in [0.25, 0.3) is 22.9 Å². The van der Waals surface area contributed by atoms with E-state index in [2.05, 4.69) is 33.6 Å². The number of hydrogen-bond donors (Lipinski definition) is 0. The first kappa shape index (κ1) is 23.5. The first-order chi connectivity index (χ1) is 17.9. The Labute approximate surface area is 218 Å². The van der Waals surface area contributed by atoms with Gasteiger partial charge in [-0.05, 0) is 61.6 Å². The second kappa shape index (κ2) is 8.89. The Morgan fingerprint density at radius 2 is 2.14 bits per heavy atom. The summed E-state index contributed by atoms with van der Waals surface area (Å²) in [7, 11) is 0. The van der Waals surface area contributed by atoms with Crippen molar-refractivity contribution < 1.29 is 9.18 Å². The molecule has 0 saturated carbocycles. The van der Waals surface area contributed by atoms with Gasteiger partial charge < -0.3 is 9.80 Å². The molecule has 2 fully saturated rings. The number of nitriles is 1. The summed E-state index contributed by atoms with van der Waals surface area (Å²) in [6.45, 7) is 8.31. The third kappa shape index (κ3) is 3.83. The number of rotatable bonds is 4. The number of pyridine rings is 2. The van der Waals surface area contributed by atoms with Gasteiger partial charge in [0.25, 0.3) is 0 Å². The SMILES string of the molecule is C=CC(=O)N1CC2(CCN(c3nc4c(c(-c5ncccc5F)c3C#N)CCC(c3scnc3C)=C4)C2)C1. The number of halogens is 1. The highest BCUT2D eigenvalue weighted by Crippen LogP contribution is 2.45. The van der Waals surface area contributed by atoms with Crippen molar-refractivity contribution in [3.8, 4) is 17.3 Å². The van der Waals surface area contributed by atoms with Gasteiger partial charge in [0.05, 0.1) is 21.8 Å². The van der Waals surface area contributed by atoms with Crippen LogP contribution >= 0.6 is 11.3 Å². The molecule has 0 radical (unpaired) electrons. The van der Waals surface area contributed by atoms with Crippen LogP contribution in [-0.2, 0) is 11.2 Å². The molecule has 6 rings (SSSR count). The number of carbonyl (C=O) groups is 1. The average Bonchev–Trinajstić information content (AvgIpc) is 3.53. The molecule has 1 spiro atoms. The maximum Gasteiger partial charge on any atom is 0.245 e. The number of anilines is 1. The molecule has 2 aliphatic heterocycles. The highest BCUT2D eigenvalue weighted by atomic mass is 32.1. The van der Waals surface area contributed by atoms with Gasteiger partial charge in [-0.3, -0.25) is 9.78 Å². The first-order valence-electron chi connectivity index (χ1n) is 12.3. The number of thiazole rings is 1. The number of aryl methyl sites for hydroxylation is 1. The number of aromatic nitrogens is 3. The fourth-order valence-electron chi connectivity index (χ4n) is 5.87. The number of carbonyl (C=O) groups excluding carboxylic acids is 1. The normalized spacial score (nSPS) is 17.7. The Bertz CT molecular complexity index is 1510. The van der Waals surface area contributed by atoms with Gasteiger partial charge in [0.15, 0.2) is 0 Å². The Hall–Kier alpha value is -3.90. The number of likely N-dealkylation sites (tertiary alicyclic amines) is 1. The molecule has 9 heteroatoms. The van der Waals surface area contributed by atoms with Crippen LogP contribution in [0.2, 0.25) is 0 Å². The lowest BCUT2D eigenvalue weighted by molar-refractivity contribution is -0.136. The minimum atomic E-state index is -0.457. The molecule has 7 nitrogen and oxygen atoms in total. The van der Waals surface area contributed by atoms with Gasteiger partial charge in [-0.15, -0.1) is 11.3 Å². The van der Waals surface area contributed by atoms with Crippen molar-refractivity contribution >= 4 is 34.7 Å². The lowest BCUT2D eigenvalue weighted by Crippen LogP contribution is -2.59. The van der Waals surface area contributed by atoms with Crippen molar-refractivity contribution in [3.63, 3.8) is 0 Å². The largest absolute Gasteiger partial charge is 0.355 e. The van der Waals surface area contributed by atoms with Crippen molar-refractivity contribution in [2.24, 2.45) is 5.41 Å². The molecule has 0 unspecified atom stereocenters. The van der Waals surface area contributed by atoms with Crippen LogP contribution in [0.1, 0.15) is 40.2 Å². The van der Waals surface area contributed by atoms with Crippen LogP contribution < -0.4 is 4.90 Å². The van der Waals surface area contributed by atoms with Crippen molar-refractivity contribution in [3.05, 3.63) is 69.7 Å². The zero-order chi connectivity index (χ0) is 25.7. The van der Waals surface area contributed by atoms with Crippen molar-refractivity contribution in [1.82, 2.24) is 19.9 Å². The van der Waals surface area contributed by atoms with Gasteiger partial charge in [0.1, 0.15) is 29.0 Å². The third-order valence-corrected chi connectivity index (χ3v) is 8.69. The summed E-state index contributed by atoms with van der Waals surface area (Å²) >= 11 is 1.60. The molecule has 0 aromatic carbocycles. The predicted molar refractivity (Wildman–Crippen MR) is 141 cm³/mol. The maximum atomic E-state index is 15.1. The molecular formula is C28H25FN6OS. The summed E-state index contributed by atoms with van der Waals surface area (Å²) in [5.74, 6) is 0.0460. The predicted octanol–water partition coefficient (Wildman–Crippen LogP) is 4.63. The average molecular weight is 513 g/mol. The molecule has 1 aliphatic carbocycles. The fraction of sp³-hybridized carbons (Fsp3) is 0.321. The van der Waals surface area contributed by atoms with Gasteiger partial charge in [-0.1, -0.05) is 6.58 Å². The van der Waals surface area contributed by atoms with E-state index in [-0.39, 0.29) is 17.0 Å². The molecule has 37 heavy (non-hydrogen) atoms. The monoisotopic (exact) mass is 512 g/mol. The second-order valence-corrected chi connectivity index (χ2v) is 10.9. The molecule has 0 atom stereocenters. The number of nitrogens with zero attached hydrogens (tertiary/aromatic N) is 6. The van der Waals surface area contributed by atoms with E-state index in [9.17, 15) is 10.1 Å². The molecule has 5 heterocycles. The Kier molecular flexibility index (Phi) is 5.64. The molecule has 186 valence electrons. The van der Waals surface area contributed by atoms with Crippen LogP contribution in [0, 0.1) is 29.5 Å². The van der Waals surface area contributed by atoms with Gasteiger partial charge in [-0.2, -0.15) is 5.26 Å². The molecule has 3 aromatic rings. The van der Waals surface area contributed by atoms with Crippen LogP contribution in [0.15, 0.2) is 36.5 Å². The highest BCUT2D eigenvalue weighted by Gasteiger charge is 2.49. The lowest BCUT2D eigenvalue weighted by Gasteiger charge is -2.47. The Morgan fingerprint density at radius 1 is 1.30 bits per heavy atom. The Morgan fingerprint density at radius 3 is 2.84 bits per heavy atom. The molecule has 1 amide bonds. The van der Waals surface area contributed by atoms with Gasteiger partial charge in [-0.25, -0.2) is 14.4 Å². The minimum Gasteiger partial charge on any atom is -0.355 e. The highest BCUT2D eigenvalue weighted by molar-refractivity contribution is 7.11. The summed E-state index contributed by atoms with van der Waals surface area (Å²) in [5.41, 5.74) is 6.63. The van der Waals surface area contributed by atoms with E-state index >= 15 is 4.39 Å². The van der Waals surface area contributed by atoms with Crippen molar-refractivity contribution in [1.29, 1.82) is 5.26 Å². The Balaban J connectivity index is 1.47. The van der Waals surface area contributed by atoms with Crippen molar-refractivity contribution in [2.45, 2.75) is 26.2 Å². The van der Waals surface area contributed by atoms with Gasteiger partial charge >= 0.3 is 0 Å². The third-order valence-electron chi connectivity index (χ3n) is 7.69. The topological polar surface area (TPSA) is 86.0 Å². The smallest absolute Gasteiger partial charge is 0.245 e. The summed E-state index contributed by atoms with van der Waals surface area (Å²) < 4.78 is 15.1. The molecule has 3 aliphatic rings. The van der Waals surface area contributed by atoms with E-state index in [4.69, 9.17) is 4.98 Å². The number of hydrogen-bond acceptors (Lipinski definition) is 7. The number of amides is 1. The summed E-state index contributed by atoms with van der Waals surface area (Å²) in [5, 5.41) is 10.3. The standard InChI is InChI=1S/C28H25FN6OS/c1-3-23(36)35-14-28(15-35)8-10-34(13-28)27-20(12-30)24(25-21(29)5-4-9-31-25)19-7-6-18(11-22(19)33-27)26-17(2)32-16-37-26/h3-5,9,11,16H,1,6-8,10,13-15H2,2H3. The first-order valence-corrected chi connectivity index (χ1v) is 13.2. The minimum absolute atomic E-state index is 0.0276. The van der Waals surface area contributed by atoms with Gasteiger partial charge in [0.2, 0.25) is 5.91 Å². The van der Waals surface area contributed by atoms with Crippen LogP contribution in [0.5, 0.6) is 0 Å². The van der Waals surface area contributed by atoms with E-state index in [1.807, 2.05) is 12.4 Å². The zero-order valence-electron chi connectivity index (χ0n) is 20.5. The van der Waals surface area contributed by atoms with E-state index in [1.165, 1.54) is 12.1 Å². The summed E-state index contributed by atoms with van der Waals surface area (Å²) in [4.78, 5) is 30.9. The molecule has 0 bridgehead atoms. The van der Waals surface area contributed by atoms with E-state index in [0.717, 1.165) is 40.2 Å². The molecule has 2 saturated heterocycles. The summed E-state index contributed by atoms with van der Waals surface area (Å²) in [6, 6.07) is 5.28.